The van der Waals surface area contributed by atoms with E-state index in [9.17, 15) is 9.59 Å². The van der Waals surface area contributed by atoms with Gasteiger partial charge >= 0.3 is 5.97 Å². The highest BCUT2D eigenvalue weighted by Gasteiger charge is 2.29. The molecule has 1 atom stereocenters. The van der Waals surface area contributed by atoms with Crippen LogP contribution in [0.5, 0.6) is 0 Å². The highest BCUT2D eigenvalue weighted by atomic mass is 16.5. The van der Waals surface area contributed by atoms with Crippen molar-refractivity contribution in [2.75, 3.05) is 37.7 Å². The van der Waals surface area contributed by atoms with Crippen LogP contribution >= 0.6 is 0 Å². The van der Waals surface area contributed by atoms with Gasteiger partial charge in [0.25, 0.3) is 0 Å². The highest BCUT2D eigenvalue weighted by Crippen LogP contribution is 2.21. The van der Waals surface area contributed by atoms with Crippen molar-refractivity contribution in [1.82, 2.24) is 4.90 Å². The zero-order chi connectivity index (χ0) is 19.8. The number of ether oxygens (including phenoxy) is 1. The molecule has 0 aliphatic carbocycles. The molecule has 0 spiro atoms. The molecule has 2 rings (SSSR count). The van der Waals surface area contributed by atoms with Gasteiger partial charge in [0.15, 0.2) is 0 Å². The Balaban J connectivity index is 2.09. The number of likely N-dealkylation sites (tertiary alicyclic amines) is 1. The van der Waals surface area contributed by atoms with Gasteiger partial charge in [-0.3, -0.25) is 14.5 Å². The number of piperidine rings is 1. The Labute approximate surface area is 161 Å². The number of benzene rings is 1. The summed E-state index contributed by atoms with van der Waals surface area (Å²) >= 11 is 0. The third-order valence-corrected chi connectivity index (χ3v) is 4.75. The lowest BCUT2D eigenvalue weighted by molar-refractivity contribution is -0.150. The lowest BCUT2D eigenvalue weighted by Gasteiger charge is -2.33. The van der Waals surface area contributed by atoms with E-state index < -0.39 is 0 Å². The molecule has 0 aromatic heterocycles. The molecule has 1 amide bonds. The smallest absolute Gasteiger partial charge is 0.310 e. The molecule has 6 nitrogen and oxygen atoms in total. The minimum Gasteiger partial charge on any atom is -0.466 e. The van der Waals surface area contributed by atoms with Crippen molar-refractivity contribution in [3.8, 4) is 6.07 Å². The molecule has 1 aromatic carbocycles. The fourth-order valence-electron chi connectivity index (χ4n) is 3.59. The molecule has 0 N–H and O–H groups in total. The van der Waals surface area contributed by atoms with E-state index >= 15 is 0 Å². The van der Waals surface area contributed by atoms with Crippen LogP contribution in [0.3, 0.4) is 0 Å². The summed E-state index contributed by atoms with van der Waals surface area (Å²) < 4.78 is 5.13. The number of carbonyl (C=O) groups excluding carboxylic acids is 2. The summed E-state index contributed by atoms with van der Waals surface area (Å²) in [6.45, 7) is 8.13. The fourth-order valence-corrected chi connectivity index (χ4v) is 3.59. The second-order valence-electron chi connectivity index (χ2n) is 7.13. The second kappa shape index (κ2) is 10.1. The normalized spacial score (nSPS) is 17.2. The van der Waals surface area contributed by atoms with Crippen LogP contribution in [0.2, 0.25) is 0 Å². The Bertz CT molecular complexity index is 691. The van der Waals surface area contributed by atoms with Crippen LogP contribution in [0, 0.1) is 31.1 Å². The number of hydrogen-bond acceptors (Lipinski definition) is 5. The van der Waals surface area contributed by atoms with Gasteiger partial charge in [-0.1, -0.05) is 6.07 Å². The maximum absolute atomic E-state index is 13.0. The Hall–Kier alpha value is -2.39. The monoisotopic (exact) mass is 371 g/mol. The summed E-state index contributed by atoms with van der Waals surface area (Å²) in [6, 6.07) is 8.13. The quantitative estimate of drug-likeness (QED) is 0.689. The SMILES string of the molecule is CCOC(=O)C1CCCN(CC(=O)N(CCC#N)c2cc(C)cc(C)c2)C1. The van der Waals surface area contributed by atoms with E-state index in [1.54, 1.807) is 11.8 Å². The van der Waals surface area contributed by atoms with E-state index in [-0.39, 0.29) is 30.8 Å². The molecule has 1 unspecified atom stereocenters. The van der Waals surface area contributed by atoms with E-state index in [2.05, 4.69) is 12.1 Å². The summed E-state index contributed by atoms with van der Waals surface area (Å²) in [5.74, 6) is -0.384. The summed E-state index contributed by atoms with van der Waals surface area (Å²) in [6.07, 6.45) is 1.96. The minimum absolute atomic E-state index is 0.0419. The summed E-state index contributed by atoms with van der Waals surface area (Å²) in [7, 11) is 0. The number of anilines is 1. The molecule has 1 saturated heterocycles. The number of nitrogens with zero attached hydrogens (tertiary/aromatic N) is 3. The van der Waals surface area contributed by atoms with Crippen molar-refractivity contribution in [1.29, 1.82) is 5.26 Å². The molecule has 1 heterocycles. The molecule has 27 heavy (non-hydrogen) atoms. The van der Waals surface area contributed by atoms with Crippen molar-refractivity contribution < 1.29 is 14.3 Å². The number of hydrogen-bond donors (Lipinski definition) is 0. The first-order valence-corrected chi connectivity index (χ1v) is 9.59. The molecule has 1 fully saturated rings. The molecular formula is C21H29N3O3. The third-order valence-electron chi connectivity index (χ3n) is 4.75. The first-order chi connectivity index (χ1) is 12.9. The fraction of sp³-hybridized carbons (Fsp3) is 0.571. The molecule has 6 heteroatoms. The summed E-state index contributed by atoms with van der Waals surface area (Å²) in [5, 5.41) is 8.97. The van der Waals surface area contributed by atoms with Gasteiger partial charge in [-0.05, 0) is 63.4 Å². The average molecular weight is 371 g/mol. The predicted octanol–water partition coefficient (Wildman–Crippen LogP) is 2.83. The number of rotatable bonds is 7. The zero-order valence-electron chi connectivity index (χ0n) is 16.5. The summed E-state index contributed by atoms with van der Waals surface area (Å²) in [5.41, 5.74) is 2.99. The third kappa shape index (κ3) is 6.07. The maximum Gasteiger partial charge on any atom is 0.310 e. The van der Waals surface area contributed by atoms with Gasteiger partial charge in [0.05, 0.1) is 31.6 Å². The van der Waals surface area contributed by atoms with Crippen LogP contribution in [0.4, 0.5) is 5.69 Å². The van der Waals surface area contributed by atoms with Crippen LogP contribution < -0.4 is 4.90 Å². The highest BCUT2D eigenvalue weighted by molar-refractivity contribution is 5.95. The predicted molar refractivity (Wildman–Crippen MR) is 104 cm³/mol. The van der Waals surface area contributed by atoms with Crippen LogP contribution in [0.1, 0.15) is 37.3 Å². The summed E-state index contributed by atoms with van der Waals surface area (Å²) in [4.78, 5) is 28.7. The Kier molecular flexibility index (Phi) is 7.81. The number of amides is 1. The molecule has 0 saturated carbocycles. The van der Waals surface area contributed by atoms with Crippen molar-refractivity contribution >= 4 is 17.6 Å². The molecule has 146 valence electrons. The lowest BCUT2D eigenvalue weighted by atomic mass is 9.98. The molecular weight excluding hydrogens is 342 g/mol. The Morgan fingerprint density at radius 3 is 2.63 bits per heavy atom. The maximum atomic E-state index is 13.0. The number of carbonyl (C=O) groups is 2. The van der Waals surface area contributed by atoms with Crippen LogP contribution in [0.25, 0.3) is 0 Å². The Morgan fingerprint density at radius 1 is 1.30 bits per heavy atom. The van der Waals surface area contributed by atoms with Gasteiger partial charge in [-0.2, -0.15) is 5.26 Å². The van der Waals surface area contributed by atoms with Crippen molar-refractivity contribution in [3.05, 3.63) is 29.3 Å². The van der Waals surface area contributed by atoms with E-state index in [0.29, 0.717) is 19.7 Å². The topological polar surface area (TPSA) is 73.6 Å². The molecule has 0 radical (unpaired) electrons. The van der Waals surface area contributed by atoms with Crippen LogP contribution in [-0.2, 0) is 14.3 Å². The molecule has 1 aliphatic heterocycles. The number of aryl methyl sites for hydroxylation is 2. The van der Waals surface area contributed by atoms with Gasteiger partial charge in [0.1, 0.15) is 0 Å². The second-order valence-corrected chi connectivity index (χ2v) is 7.13. The van der Waals surface area contributed by atoms with Gasteiger partial charge < -0.3 is 9.64 Å². The van der Waals surface area contributed by atoms with Gasteiger partial charge in [-0.25, -0.2) is 0 Å². The van der Waals surface area contributed by atoms with Gasteiger partial charge in [-0.15, -0.1) is 0 Å². The zero-order valence-corrected chi connectivity index (χ0v) is 16.5. The largest absolute Gasteiger partial charge is 0.466 e. The van der Waals surface area contributed by atoms with E-state index in [1.165, 1.54) is 0 Å². The van der Waals surface area contributed by atoms with Crippen molar-refractivity contribution in [2.45, 2.75) is 40.0 Å². The standard InChI is InChI=1S/C21H29N3O3/c1-4-27-21(26)18-7-5-9-23(14-18)15-20(25)24(10-6-8-22)19-12-16(2)11-17(3)13-19/h11-13,18H,4-7,9-10,14-15H2,1-3H3. The van der Waals surface area contributed by atoms with Crippen LogP contribution in [0.15, 0.2) is 18.2 Å². The lowest BCUT2D eigenvalue weighted by Crippen LogP contribution is -2.46. The van der Waals surface area contributed by atoms with Crippen molar-refractivity contribution in [2.24, 2.45) is 5.92 Å². The average Bonchev–Trinajstić information content (AvgIpc) is 2.61. The first-order valence-electron chi connectivity index (χ1n) is 9.59. The molecule has 0 bridgehead atoms. The minimum atomic E-state index is -0.176. The van der Waals surface area contributed by atoms with Gasteiger partial charge in [0, 0.05) is 18.8 Å². The first kappa shape index (κ1) is 20.9. The van der Waals surface area contributed by atoms with Gasteiger partial charge in [0.2, 0.25) is 5.91 Å². The van der Waals surface area contributed by atoms with E-state index in [1.807, 2.05) is 30.9 Å². The Morgan fingerprint density at radius 2 is 2.00 bits per heavy atom. The van der Waals surface area contributed by atoms with E-state index in [0.717, 1.165) is 36.2 Å². The van der Waals surface area contributed by atoms with E-state index in [4.69, 9.17) is 10.00 Å². The molecule has 1 aliphatic rings. The van der Waals surface area contributed by atoms with Crippen LogP contribution in [-0.4, -0.2) is 49.6 Å². The number of nitriles is 1. The van der Waals surface area contributed by atoms with Crippen molar-refractivity contribution in [3.63, 3.8) is 0 Å². The molecule has 1 aromatic rings. The number of esters is 1.